The van der Waals surface area contributed by atoms with Gasteiger partial charge >= 0.3 is 0 Å². The molecule has 0 amide bonds. The van der Waals surface area contributed by atoms with E-state index in [1.165, 1.54) is 0 Å². The molecule has 0 aliphatic carbocycles. The molecule has 0 heterocycles. The van der Waals surface area contributed by atoms with Crippen molar-refractivity contribution in [1.29, 1.82) is 0 Å². The van der Waals surface area contributed by atoms with Crippen LogP contribution in [-0.4, -0.2) is 11.1 Å². The lowest BCUT2D eigenvalue weighted by atomic mass is 10.0. The second-order valence-electron chi connectivity index (χ2n) is 4.05. The first-order valence-electron chi connectivity index (χ1n) is 5.21. The van der Waals surface area contributed by atoms with Gasteiger partial charge in [-0.2, -0.15) is 0 Å². The van der Waals surface area contributed by atoms with E-state index in [1.807, 2.05) is 36.4 Å². The van der Waals surface area contributed by atoms with Crippen molar-refractivity contribution < 1.29 is 5.11 Å². The molecule has 0 unspecified atom stereocenters. The van der Waals surface area contributed by atoms with Crippen LogP contribution in [-0.2, 0) is 0 Å². The zero-order chi connectivity index (χ0) is 11.7. The lowest BCUT2D eigenvalue weighted by molar-refractivity contribution is 0.153. The van der Waals surface area contributed by atoms with Gasteiger partial charge in [0.25, 0.3) is 0 Å². The van der Waals surface area contributed by atoms with E-state index in [1.54, 1.807) is 6.92 Å². The molecule has 16 heavy (non-hydrogen) atoms. The molecule has 3 heteroatoms. The first-order chi connectivity index (χ1) is 7.58. The van der Waals surface area contributed by atoms with Gasteiger partial charge in [0.2, 0.25) is 0 Å². The monoisotopic (exact) mass is 279 g/mol. The average molecular weight is 280 g/mol. The first kappa shape index (κ1) is 11.6. The molecule has 0 bridgehead atoms. The van der Waals surface area contributed by atoms with Crippen molar-refractivity contribution in [3.8, 4) is 0 Å². The van der Waals surface area contributed by atoms with Crippen LogP contribution in [0.1, 0.15) is 18.6 Å². The number of nitrogens with two attached hydrogens (primary N) is 1. The molecule has 0 saturated heterocycles. The summed E-state index contributed by atoms with van der Waals surface area (Å²) in [6.45, 7) is 1.80. The maximum atomic E-state index is 9.89. The quantitative estimate of drug-likeness (QED) is 0.888. The van der Waals surface area contributed by atoms with Gasteiger partial charge in [0.15, 0.2) is 0 Å². The molecule has 0 aromatic heterocycles. The number of hydrogen-bond acceptors (Lipinski definition) is 2. The van der Waals surface area contributed by atoms with Gasteiger partial charge in [-0.3, -0.25) is 0 Å². The fraction of sp³-hybridized carbons (Fsp3) is 0.231. The predicted molar refractivity (Wildman–Crippen MR) is 70.3 cm³/mol. The van der Waals surface area contributed by atoms with Crippen LogP contribution in [0.15, 0.2) is 40.9 Å². The van der Waals surface area contributed by atoms with Gasteiger partial charge in [-0.25, -0.2) is 0 Å². The Morgan fingerprint density at radius 3 is 2.50 bits per heavy atom. The third-order valence-corrected chi connectivity index (χ3v) is 3.16. The molecule has 0 aliphatic rings. The molecular formula is C13H14BrNO. The number of aliphatic hydroxyl groups is 1. The van der Waals surface area contributed by atoms with E-state index in [0.717, 1.165) is 20.8 Å². The molecule has 2 nitrogen and oxygen atoms in total. The topological polar surface area (TPSA) is 46.2 Å². The van der Waals surface area contributed by atoms with E-state index < -0.39 is 6.10 Å². The van der Waals surface area contributed by atoms with Crippen LogP contribution in [0.25, 0.3) is 10.8 Å². The van der Waals surface area contributed by atoms with Gasteiger partial charge in [-0.15, -0.1) is 0 Å². The molecule has 0 radical (unpaired) electrons. The van der Waals surface area contributed by atoms with Crippen LogP contribution in [0.3, 0.4) is 0 Å². The highest BCUT2D eigenvalue weighted by molar-refractivity contribution is 9.10. The molecule has 3 N–H and O–H groups in total. The molecule has 0 saturated carbocycles. The number of halogens is 1. The van der Waals surface area contributed by atoms with E-state index in [0.29, 0.717) is 0 Å². The molecule has 2 aromatic carbocycles. The second kappa shape index (κ2) is 4.53. The van der Waals surface area contributed by atoms with Crippen molar-refractivity contribution in [1.82, 2.24) is 0 Å². The van der Waals surface area contributed by atoms with Crippen molar-refractivity contribution in [3.63, 3.8) is 0 Å². The molecule has 2 rings (SSSR count). The summed E-state index contributed by atoms with van der Waals surface area (Å²) in [6, 6.07) is 11.7. The predicted octanol–water partition coefficient (Wildman–Crippen LogP) is 2.98. The third-order valence-electron chi connectivity index (χ3n) is 2.67. The highest BCUT2D eigenvalue weighted by atomic mass is 79.9. The lowest BCUT2D eigenvalue weighted by Gasteiger charge is -2.15. The van der Waals surface area contributed by atoms with Gasteiger partial charge < -0.3 is 10.8 Å². The van der Waals surface area contributed by atoms with E-state index >= 15 is 0 Å². The van der Waals surface area contributed by atoms with Crippen LogP contribution in [0.4, 0.5) is 0 Å². The Morgan fingerprint density at radius 1 is 1.12 bits per heavy atom. The summed E-state index contributed by atoms with van der Waals surface area (Å²) >= 11 is 3.44. The normalized spacial score (nSPS) is 15.0. The minimum atomic E-state index is -0.608. The van der Waals surface area contributed by atoms with E-state index in [9.17, 15) is 5.11 Å². The standard InChI is InChI=1S/C13H14BrNO/c1-8(15)13(16)10-3-2-9-4-5-12(14)7-11(9)6-10/h2-8,13,16H,15H2,1H3/t8-,13-/m0/s1. The summed E-state index contributed by atoms with van der Waals surface area (Å²) in [6.07, 6.45) is -0.608. The molecular weight excluding hydrogens is 266 g/mol. The summed E-state index contributed by atoms with van der Waals surface area (Å²) < 4.78 is 1.03. The van der Waals surface area contributed by atoms with Crippen LogP contribution in [0.5, 0.6) is 0 Å². The molecule has 2 atom stereocenters. The number of rotatable bonds is 2. The Kier molecular flexibility index (Phi) is 3.28. The molecule has 2 aromatic rings. The summed E-state index contributed by atoms with van der Waals surface area (Å²) in [7, 11) is 0. The fourth-order valence-electron chi connectivity index (χ4n) is 1.72. The van der Waals surface area contributed by atoms with Crippen molar-refractivity contribution in [3.05, 3.63) is 46.4 Å². The van der Waals surface area contributed by atoms with Crippen molar-refractivity contribution in [2.75, 3.05) is 0 Å². The lowest BCUT2D eigenvalue weighted by Crippen LogP contribution is -2.24. The SMILES string of the molecule is C[C@H](N)[C@H](O)c1ccc2ccc(Br)cc2c1. The minimum absolute atomic E-state index is 0.260. The number of aliphatic hydroxyl groups excluding tert-OH is 1. The number of benzene rings is 2. The molecule has 84 valence electrons. The maximum absolute atomic E-state index is 9.89. The Morgan fingerprint density at radius 2 is 1.81 bits per heavy atom. The Balaban J connectivity index is 2.50. The summed E-state index contributed by atoms with van der Waals surface area (Å²) in [5, 5.41) is 12.1. The third kappa shape index (κ3) is 2.26. The fourth-order valence-corrected chi connectivity index (χ4v) is 2.10. The Hall–Kier alpha value is -0.900. The van der Waals surface area contributed by atoms with Crippen molar-refractivity contribution in [2.24, 2.45) is 5.73 Å². The summed E-state index contributed by atoms with van der Waals surface area (Å²) in [5.41, 5.74) is 6.54. The van der Waals surface area contributed by atoms with Gasteiger partial charge in [0.05, 0.1) is 6.10 Å². The number of fused-ring (bicyclic) bond motifs is 1. The highest BCUT2D eigenvalue weighted by Crippen LogP contribution is 2.24. The van der Waals surface area contributed by atoms with Crippen LogP contribution < -0.4 is 5.73 Å². The van der Waals surface area contributed by atoms with E-state index in [-0.39, 0.29) is 6.04 Å². The minimum Gasteiger partial charge on any atom is -0.387 e. The zero-order valence-corrected chi connectivity index (χ0v) is 10.6. The van der Waals surface area contributed by atoms with E-state index in [4.69, 9.17) is 5.73 Å². The van der Waals surface area contributed by atoms with Gasteiger partial charge in [0, 0.05) is 10.5 Å². The molecule has 0 spiro atoms. The largest absolute Gasteiger partial charge is 0.387 e. The van der Waals surface area contributed by atoms with Crippen LogP contribution in [0, 0.1) is 0 Å². The average Bonchev–Trinajstić information content (AvgIpc) is 2.26. The maximum Gasteiger partial charge on any atom is 0.0938 e. The molecule has 0 fully saturated rings. The van der Waals surface area contributed by atoms with Gasteiger partial charge in [0.1, 0.15) is 0 Å². The Labute approximate surface area is 103 Å². The number of hydrogen-bond donors (Lipinski definition) is 2. The van der Waals surface area contributed by atoms with Gasteiger partial charge in [-0.1, -0.05) is 34.1 Å². The zero-order valence-electron chi connectivity index (χ0n) is 9.02. The van der Waals surface area contributed by atoms with Crippen LogP contribution >= 0.6 is 15.9 Å². The second-order valence-corrected chi connectivity index (χ2v) is 4.97. The van der Waals surface area contributed by atoms with Gasteiger partial charge in [-0.05, 0) is 41.5 Å². The van der Waals surface area contributed by atoms with Crippen molar-refractivity contribution in [2.45, 2.75) is 19.1 Å². The highest BCUT2D eigenvalue weighted by Gasteiger charge is 2.12. The van der Waals surface area contributed by atoms with E-state index in [2.05, 4.69) is 15.9 Å². The van der Waals surface area contributed by atoms with Crippen LogP contribution in [0.2, 0.25) is 0 Å². The summed E-state index contributed by atoms with van der Waals surface area (Å²) in [5.74, 6) is 0. The molecule has 0 aliphatic heterocycles. The summed E-state index contributed by atoms with van der Waals surface area (Å²) in [4.78, 5) is 0. The Bertz CT molecular complexity index is 510. The smallest absolute Gasteiger partial charge is 0.0938 e. The first-order valence-corrected chi connectivity index (χ1v) is 6.00. The van der Waals surface area contributed by atoms with Crippen molar-refractivity contribution >= 4 is 26.7 Å².